The van der Waals surface area contributed by atoms with Crippen molar-refractivity contribution in [1.82, 2.24) is 9.97 Å². The molecule has 0 aliphatic carbocycles. The van der Waals surface area contributed by atoms with Crippen LogP contribution in [0, 0.1) is 0 Å². The van der Waals surface area contributed by atoms with Crippen molar-refractivity contribution in [3.63, 3.8) is 0 Å². The van der Waals surface area contributed by atoms with Crippen LogP contribution in [0.3, 0.4) is 0 Å². The first kappa shape index (κ1) is 15.0. The van der Waals surface area contributed by atoms with Crippen molar-refractivity contribution in [2.24, 2.45) is 0 Å². The molecule has 0 saturated heterocycles. The van der Waals surface area contributed by atoms with Crippen LogP contribution in [-0.4, -0.2) is 40.3 Å². The lowest BCUT2D eigenvalue weighted by Crippen LogP contribution is -2.33. The van der Waals surface area contributed by atoms with Crippen LogP contribution in [0.25, 0.3) is 6.08 Å². The van der Waals surface area contributed by atoms with E-state index >= 15 is 0 Å². The summed E-state index contributed by atoms with van der Waals surface area (Å²) in [7, 11) is 0. The molecule has 21 heavy (non-hydrogen) atoms. The van der Waals surface area contributed by atoms with E-state index in [1.54, 1.807) is 4.90 Å². The van der Waals surface area contributed by atoms with Gasteiger partial charge < -0.3 is 10.0 Å². The van der Waals surface area contributed by atoms with E-state index in [9.17, 15) is 18.0 Å². The SMILES string of the molecule is O=C(O)/C=C/c1cnc(N2CC=C(C(F)(F)F)CC2)nc1. The minimum Gasteiger partial charge on any atom is -0.478 e. The Hall–Kier alpha value is -2.38. The molecule has 0 bridgehead atoms. The van der Waals surface area contributed by atoms with Crippen LogP contribution in [0.4, 0.5) is 19.1 Å². The van der Waals surface area contributed by atoms with Gasteiger partial charge in [0.1, 0.15) is 0 Å². The van der Waals surface area contributed by atoms with E-state index in [2.05, 4.69) is 9.97 Å². The number of halogens is 3. The molecule has 0 saturated carbocycles. The smallest absolute Gasteiger partial charge is 0.412 e. The molecule has 5 nitrogen and oxygen atoms in total. The first-order valence-corrected chi connectivity index (χ1v) is 6.10. The minimum atomic E-state index is -4.28. The summed E-state index contributed by atoms with van der Waals surface area (Å²) >= 11 is 0. The molecule has 1 aromatic rings. The number of alkyl halides is 3. The van der Waals surface area contributed by atoms with Crippen molar-refractivity contribution in [1.29, 1.82) is 0 Å². The largest absolute Gasteiger partial charge is 0.478 e. The maximum atomic E-state index is 12.5. The molecular weight excluding hydrogens is 287 g/mol. The number of nitrogens with zero attached hydrogens (tertiary/aromatic N) is 3. The number of hydrogen-bond donors (Lipinski definition) is 1. The molecule has 8 heteroatoms. The number of aliphatic carboxylic acids is 1. The van der Waals surface area contributed by atoms with E-state index in [0.29, 0.717) is 11.5 Å². The van der Waals surface area contributed by atoms with Crippen LogP contribution in [0.15, 0.2) is 30.1 Å². The standard InChI is InChI=1S/C13H12F3N3O2/c14-13(15,16)10-3-5-19(6-4-10)12-17-7-9(8-18-12)1-2-11(20)21/h1-3,7-8H,4-6H2,(H,20,21)/b2-1+. The van der Waals surface area contributed by atoms with Crippen molar-refractivity contribution < 1.29 is 23.1 Å². The Kier molecular flexibility index (Phi) is 4.25. The molecule has 0 amide bonds. The first-order chi connectivity index (χ1) is 9.86. The summed E-state index contributed by atoms with van der Waals surface area (Å²) in [5, 5.41) is 8.49. The Morgan fingerprint density at radius 1 is 1.33 bits per heavy atom. The van der Waals surface area contributed by atoms with Crippen molar-refractivity contribution in [3.05, 3.63) is 35.7 Å². The number of carboxylic acids is 1. The van der Waals surface area contributed by atoms with Gasteiger partial charge in [-0.1, -0.05) is 6.08 Å². The predicted molar refractivity (Wildman–Crippen MR) is 69.7 cm³/mol. The molecule has 112 valence electrons. The summed E-state index contributed by atoms with van der Waals surface area (Å²) in [6, 6.07) is 0. The zero-order valence-electron chi connectivity index (χ0n) is 10.8. The Bertz CT molecular complexity index is 579. The zero-order chi connectivity index (χ0) is 15.5. The summed E-state index contributed by atoms with van der Waals surface area (Å²) in [4.78, 5) is 20.0. The number of anilines is 1. The highest BCUT2D eigenvalue weighted by Gasteiger charge is 2.35. The lowest BCUT2D eigenvalue weighted by atomic mass is 10.1. The van der Waals surface area contributed by atoms with Crippen molar-refractivity contribution in [2.45, 2.75) is 12.6 Å². The van der Waals surface area contributed by atoms with Gasteiger partial charge in [0.05, 0.1) is 0 Å². The van der Waals surface area contributed by atoms with E-state index in [-0.39, 0.29) is 19.5 Å². The monoisotopic (exact) mass is 299 g/mol. The van der Waals surface area contributed by atoms with Gasteiger partial charge in [0.15, 0.2) is 0 Å². The van der Waals surface area contributed by atoms with Gasteiger partial charge in [-0.3, -0.25) is 0 Å². The van der Waals surface area contributed by atoms with Gasteiger partial charge in [0, 0.05) is 42.7 Å². The summed E-state index contributed by atoms with van der Waals surface area (Å²) in [5.74, 6) is -0.764. The average Bonchev–Trinajstić information content (AvgIpc) is 2.45. The molecule has 1 N–H and O–H groups in total. The van der Waals surface area contributed by atoms with Crippen molar-refractivity contribution >= 4 is 18.0 Å². The summed E-state index contributed by atoms with van der Waals surface area (Å²) in [5.41, 5.74) is -0.0237. The average molecular weight is 299 g/mol. The third-order valence-electron chi connectivity index (χ3n) is 2.93. The molecule has 1 aliphatic rings. The molecule has 2 rings (SSSR count). The number of carbonyl (C=O) groups is 1. The number of aromatic nitrogens is 2. The van der Waals surface area contributed by atoms with E-state index in [1.807, 2.05) is 0 Å². The quantitative estimate of drug-likeness (QED) is 0.685. The second-order valence-electron chi connectivity index (χ2n) is 4.41. The van der Waals surface area contributed by atoms with E-state index in [0.717, 1.165) is 12.2 Å². The Balaban J connectivity index is 2.04. The van der Waals surface area contributed by atoms with Crippen LogP contribution < -0.4 is 4.90 Å². The molecule has 0 aromatic carbocycles. The van der Waals surface area contributed by atoms with Gasteiger partial charge in [0.2, 0.25) is 5.95 Å². The van der Waals surface area contributed by atoms with Gasteiger partial charge in [-0.25, -0.2) is 14.8 Å². The predicted octanol–water partition coefficient (Wildman–Crippen LogP) is 2.27. The molecule has 0 fully saturated rings. The van der Waals surface area contributed by atoms with Crippen LogP contribution in [-0.2, 0) is 4.79 Å². The lowest BCUT2D eigenvalue weighted by molar-refractivity contribution is -0.131. The molecular formula is C13H12F3N3O2. The summed E-state index contributed by atoms with van der Waals surface area (Å²) in [6.07, 6.45) is 1.88. The second-order valence-corrected chi connectivity index (χ2v) is 4.41. The van der Waals surface area contributed by atoms with Crippen LogP contribution in [0.1, 0.15) is 12.0 Å². The normalized spacial score (nSPS) is 16.1. The van der Waals surface area contributed by atoms with Gasteiger partial charge in [-0.15, -0.1) is 0 Å². The van der Waals surface area contributed by atoms with E-state index in [4.69, 9.17) is 5.11 Å². The fraction of sp³-hybridized carbons (Fsp3) is 0.308. The van der Waals surface area contributed by atoms with Crippen LogP contribution in [0.5, 0.6) is 0 Å². The topological polar surface area (TPSA) is 66.3 Å². The molecule has 1 aliphatic heterocycles. The summed E-state index contributed by atoms with van der Waals surface area (Å²) in [6.45, 7) is 0.287. The number of hydrogen-bond acceptors (Lipinski definition) is 4. The van der Waals surface area contributed by atoms with E-state index < -0.39 is 17.7 Å². The molecule has 0 spiro atoms. The highest BCUT2D eigenvalue weighted by Crippen LogP contribution is 2.30. The van der Waals surface area contributed by atoms with E-state index in [1.165, 1.54) is 18.5 Å². The van der Waals surface area contributed by atoms with Crippen molar-refractivity contribution in [3.8, 4) is 0 Å². The molecule has 0 radical (unpaired) electrons. The highest BCUT2D eigenvalue weighted by atomic mass is 19.4. The Labute approximate surface area is 118 Å². The van der Waals surface area contributed by atoms with Gasteiger partial charge in [0.25, 0.3) is 0 Å². The maximum Gasteiger partial charge on any atom is 0.412 e. The minimum absolute atomic E-state index is 0.0964. The van der Waals surface area contributed by atoms with Crippen LogP contribution >= 0.6 is 0 Å². The molecule has 1 aromatic heterocycles. The fourth-order valence-electron chi connectivity index (χ4n) is 1.86. The summed E-state index contributed by atoms with van der Waals surface area (Å²) < 4.78 is 37.5. The molecule has 0 unspecified atom stereocenters. The number of carboxylic acid groups (broad SMARTS) is 1. The van der Waals surface area contributed by atoms with Gasteiger partial charge in [-0.2, -0.15) is 13.2 Å². The lowest BCUT2D eigenvalue weighted by Gasteiger charge is -2.27. The zero-order valence-corrected chi connectivity index (χ0v) is 10.8. The first-order valence-electron chi connectivity index (χ1n) is 6.10. The van der Waals surface area contributed by atoms with Gasteiger partial charge >= 0.3 is 12.1 Å². The second kappa shape index (κ2) is 5.94. The number of rotatable bonds is 3. The highest BCUT2D eigenvalue weighted by molar-refractivity contribution is 5.85. The third-order valence-corrected chi connectivity index (χ3v) is 2.93. The molecule has 2 heterocycles. The Morgan fingerprint density at radius 3 is 2.48 bits per heavy atom. The van der Waals surface area contributed by atoms with Gasteiger partial charge in [-0.05, 0) is 12.5 Å². The molecule has 0 atom stereocenters. The Morgan fingerprint density at radius 2 is 2.00 bits per heavy atom. The fourth-order valence-corrected chi connectivity index (χ4v) is 1.86. The van der Waals surface area contributed by atoms with Crippen LogP contribution in [0.2, 0.25) is 0 Å². The third kappa shape index (κ3) is 4.04. The van der Waals surface area contributed by atoms with Crippen molar-refractivity contribution in [2.75, 3.05) is 18.0 Å². The maximum absolute atomic E-state index is 12.5.